The number of rotatable bonds is 3. The molecule has 2 aliphatic heterocycles. The summed E-state index contributed by atoms with van der Waals surface area (Å²) >= 11 is 1.15. The van der Waals surface area contributed by atoms with Crippen molar-refractivity contribution in [3.8, 4) is 0 Å². The summed E-state index contributed by atoms with van der Waals surface area (Å²) in [4.78, 5) is 25.6. The van der Waals surface area contributed by atoms with Gasteiger partial charge in [0.25, 0.3) is 5.09 Å². The Bertz CT molecular complexity index is 281. The van der Waals surface area contributed by atoms with Crippen molar-refractivity contribution in [3.05, 3.63) is 10.1 Å². The molecule has 4 atom stereocenters. The highest BCUT2D eigenvalue weighted by Crippen LogP contribution is 2.35. The van der Waals surface area contributed by atoms with Crippen LogP contribution < -0.4 is 0 Å². The second-order valence-corrected chi connectivity index (χ2v) is 5.03. The zero-order valence-corrected chi connectivity index (χ0v) is 9.35. The molecule has 4 unspecified atom stereocenters. The van der Waals surface area contributed by atoms with Gasteiger partial charge in [0.05, 0.1) is 18.5 Å². The average Bonchev–Trinajstić information content (AvgIpc) is 2.70. The molecule has 0 spiro atoms. The molecule has 0 radical (unpaired) electrons. The third-order valence-electron chi connectivity index (χ3n) is 2.50. The summed E-state index contributed by atoms with van der Waals surface area (Å²) in [6.45, 7) is 1.96. The number of thioether (sulfide) groups is 1. The van der Waals surface area contributed by atoms with E-state index in [9.17, 15) is 14.9 Å². The van der Waals surface area contributed by atoms with Crippen LogP contribution in [-0.2, 0) is 19.1 Å². The van der Waals surface area contributed by atoms with E-state index in [4.69, 9.17) is 9.47 Å². The molecule has 16 heavy (non-hydrogen) atoms. The van der Waals surface area contributed by atoms with E-state index >= 15 is 0 Å². The molecule has 0 saturated carbocycles. The first-order valence-corrected chi connectivity index (χ1v) is 5.67. The molecule has 0 amide bonds. The van der Waals surface area contributed by atoms with Crippen molar-refractivity contribution in [2.45, 2.75) is 30.5 Å². The van der Waals surface area contributed by atoms with Gasteiger partial charge < -0.3 is 14.3 Å². The fourth-order valence-corrected chi connectivity index (χ4v) is 2.88. The van der Waals surface area contributed by atoms with Crippen LogP contribution >= 0.6 is 11.8 Å². The Morgan fingerprint density at radius 2 is 2.12 bits per heavy atom. The van der Waals surface area contributed by atoms with Crippen LogP contribution in [0.5, 0.6) is 0 Å². The average molecular weight is 249 g/mol. The Balaban J connectivity index is 1.95. The van der Waals surface area contributed by atoms with Crippen LogP contribution in [0.3, 0.4) is 0 Å². The molecular formula is C8H11NO6S. The van der Waals surface area contributed by atoms with Crippen LogP contribution in [0.4, 0.5) is 0 Å². The van der Waals surface area contributed by atoms with E-state index in [0.29, 0.717) is 6.61 Å². The Morgan fingerprint density at radius 3 is 2.75 bits per heavy atom. The molecule has 0 aromatic carbocycles. The van der Waals surface area contributed by atoms with Gasteiger partial charge in [0.2, 0.25) is 0 Å². The van der Waals surface area contributed by atoms with E-state index in [1.54, 1.807) is 0 Å². The van der Waals surface area contributed by atoms with Crippen molar-refractivity contribution < 1.29 is 24.2 Å². The highest BCUT2D eigenvalue weighted by Gasteiger charge is 2.49. The van der Waals surface area contributed by atoms with E-state index in [1.807, 2.05) is 0 Å². The highest BCUT2D eigenvalue weighted by molar-refractivity contribution is 8.14. The van der Waals surface area contributed by atoms with Crippen LogP contribution in [-0.4, -0.2) is 47.0 Å². The first-order chi connectivity index (χ1) is 7.58. The molecule has 0 aliphatic carbocycles. The van der Waals surface area contributed by atoms with Crippen molar-refractivity contribution >= 4 is 16.9 Å². The van der Waals surface area contributed by atoms with Crippen molar-refractivity contribution in [2.24, 2.45) is 0 Å². The van der Waals surface area contributed by atoms with Gasteiger partial charge in [-0.25, -0.2) is 0 Å². The zero-order chi connectivity index (χ0) is 11.7. The molecule has 0 bridgehead atoms. The largest absolute Gasteiger partial charge is 0.372 e. The topological polar surface area (TPSA) is 87.9 Å². The van der Waals surface area contributed by atoms with Gasteiger partial charge in [-0.2, -0.15) is 0 Å². The zero-order valence-electron chi connectivity index (χ0n) is 8.53. The summed E-state index contributed by atoms with van der Waals surface area (Å²) in [7, 11) is 0. The lowest BCUT2D eigenvalue weighted by Gasteiger charge is -2.14. The number of ether oxygens (including phenoxy) is 2. The minimum atomic E-state index is -0.842. The Morgan fingerprint density at radius 1 is 1.44 bits per heavy atom. The van der Waals surface area contributed by atoms with E-state index in [-0.39, 0.29) is 23.1 Å². The summed E-state index contributed by atoms with van der Waals surface area (Å²) in [6, 6.07) is 0. The summed E-state index contributed by atoms with van der Waals surface area (Å²) in [5, 5.41) is 9.26. The van der Waals surface area contributed by atoms with Crippen LogP contribution in [0.2, 0.25) is 0 Å². The number of fused-ring (bicyclic) bond motifs is 1. The molecule has 7 nitrogen and oxygen atoms in total. The maximum atomic E-state index is 11.0. The summed E-state index contributed by atoms with van der Waals surface area (Å²) in [5.74, 6) is 0. The molecule has 0 N–H and O–H groups in total. The SMILES string of the molecule is CC(=O)SC1COC2C(O[N+](=O)[O-])COC12. The van der Waals surface area contributed by atoms with Crippen molar-refractivity contribution in [1.29, 1.82) is 0 Å². The standard InChI is InChI=1S/C8H11NO6S/c1-4(10)16-6-3-14-7-5(15-9(11)12)2-13-8(6)7/h5-8H,2-3H2,1H3. The van der Waals surface area contributed by atoms with Crippen LogP contribution in [0.1, 0.15) is 6.92 Å². The second kappa shape index (κ2) is 4.56. The molecule has 2 heterocycles. The van der Waals surface area contributed by atoms with E-state index in [2.05, 4.69) is 4.84 Å². The van der Waals surface area contributed by atoms with Gasteiger partial charge in [0.15, 0.2) is 11.2 Å². The number of carbonyl (C=O) groups excluding carboxylic acids is 1. The lowest BCUT2D eigenvalue weighted by atomic mass is 10.1. The predicted octanol–water partition coefficient (Wildman–Crippen LogP) is 0.00920. The number of nitrogens with zero attached hydrogens (tertiary/aromatic N) is 1. The van der Waals surface area contributed by atoms with Crippen LogP contribution in [0.25, 0.3) is 0 Å². The predicted molar refractivity (Wildman–Crippen MR) is 53.4 cm³/mol. The molecule has 2 rings (SSSR count). The lowest BCUT2D eigenvalue weighted by molar-refractivity contribution is -0.769. The normalized spacial score (nSPS) is 37.1. The Kier molecular flexibility index (Phi) is 3.31. The Hall–Kier alpha value is -0.860. The van der Waals surface area contributed by atoms with Gasteiger partial charge in [-0.15, -0.1) is 10.1 Å². The third-order valence-corrected chi connectivity index (χ3v) is 3.54. The third kappa shape index (κ3) is 2.28. The molecule has 2 fully saturated rings. The van der Waals surface area contributed by atoms with Crippen LogP contribution in [0.15, 0.2) is 0 Å². The molecule has 2 aliphatic rings. The van der Waals surface area contributed by atoms with Crippen molar-refractivity contribution in [2.75, 3.05) is 13.2 Å². The Labute approximate surface area is 95.5 Å². The maximum Gasteiger partial charge on any atom is 0.294 e. The van der Waals surface area contributed by atoms with Gasteiger partial charge >= 0.3 is 0 Å². The quantitative estimate of drug-likeness (QED) is 0.514. The van der Waals surface area contributed by atoms with Crippen molar-refractivity contribution in [3.63, 3.8) is 0 Å². The molecule has 8 heteroatoms. The summed E-state index contributed by atoms with van der Waals surface area (Å²) in [5.41, 5.74) is 0. The van der Waals surface area contributed by atoms with E-state index < -0.39 is 17.3 Å². The molecule has 0 aromatic heterocycles. The molecule has 2 saturated heterocycles. The summed E-state index contributed by atoms with van der Waals surface area (Å²) in [6.07, 6.45) is -1.42. The fourth-order valence-electron chi connectivity index (χ4n) is 1.94. The monoisotopic (exact) mass is 249 g/mol. The van der Waals surface area contributed by atoms with Crippen molar-refractivity contribution in [1.82, 2.24) is 0 Å². The number of hydrogen-bond donors (Lipinski definition) is 0. The number of hydrogen-bond acceptors (Lipinski definition) is 7. The van der Waals surface area contributed by atoms with Crippen LogP contribution in [0, 0.1) is 10.1 Å². The maximum absolute atomic E-state index is 11.0. The van der Waals surface area contributed by atoms with E-state index in [0.717, 1.165) is 11.8 Å². The second-order valence-electron chi connectivity index (χ2n) is 3.61. The first kappa shape index (κ1) is 11.6. The molecule has 0 aromatic rings. The van der Waals surface area contributed by atoms with Gasteiger partial charge in [0, 0.05) is 6.92 Å². The van der Waals surface area contributed by atoms with Gasteiger partial charge in [-0.3, -0.25) is 4.79 Å². The minimum Gasteiger partial charge on any atom is -0.372 e. The van der Waals surface area contributed by atoms with Gasteiger partial charge in [-0.05, 0) is 0 Å². The highest BCUT2D eigenvalue weighted by atomic mass is 32.2. The smallest absolute Gasteiger partial charge is 0.294 e. The molecular weight excluding hydrogens is 238 g/mol. The fraction of sp³-hybridized carbons (Fsp3) is 0.875. The first-order valence-electron chi connectivity index (χ1n) is 4.79. The van der Waals surface area contributed by atoms with E-state index in [1.165, 1.54) is 6.92 Å². The molecule has 90 valence electrons. The van der Waals surface area contributed by atoms with Gasteiger partial charge in [-0.1, -0.05) is 11.8 Å². The lowest BCUT2D eigenvalue weighted by Crippen LogP contribution is -2.33. The minimum absolute atomic E-state index is 0.0171. The van der Waals surface area contributed by atoms with Gasteiger partial charge in [0.1, 0.15) is 12.2 Å². The number of carbonyl (C=O) groups is 1. The summed E-state index contributed by atoms with van der Waals surface area (Å²) < 4.78 is 10.8.